The third kappa shape index (κ3) is 6.83. The number of carbonyl (C=O) groups excluding carboxylic acids is 3. The molecule has 1 atom stereocenters. The monoisotopic (exact) mass is 557 g/mol. The predicted molar refractivity (Wildman–Crippen MR) is 142 cm³/mol. The molecule has 8 nitrogen and oxygen atoms in total. The van der Waals surface area contributed by atoms with Gasteiger partial charge in [0.15, 0.2) is 5.78 Å². The lowest BCUT2D eigenvalue weighted by Gasteiger charge is -2.29. The van der Waals surface area contributed by atoms with Crippen LogP contribution in [0.5, 0.6) is 5.75 Å². The second kappa shape index (κ2) is 11.1. The second-order valence-corrected chi connectivity index (χ2v) is 10.5. The van der Waals surface area contributed by atoms with Crippen LogP contribution in [0.2, 0.25) is 0 Å². The van der Waals surface area contributed by atoms with E-state index in [0.29, 0.717) is 40.1 Å². The number of nitrogens with zero attached hydrogens (tertiary/aromatic N) is 1. The highest BCUT2D eigenvalue weighted by molar-refractivity contribution is 5.99. The van der Waals surface area contributed by atoms with Crippen LogP contribution in [0, 0.1) is 0 Å². The van der Waals surface area contributed by atoms with Gasteiger partial charge in [-0.1, -0.05) is 36.4 Å². The summed E-state index contributed by atoms with van der Waals surface area (Å²) >= 11 is 0. The molecule has 1 aromatic heterocycles. The summed E-state index contributed by atoms with van der Waals surface area (Å²) < 4.78 is 50.1. The number of alkyl halides is 3. The summed E-state index contributed by atoms with van der Waals surface area (Å²) in [4.78, 5) is 37.0. The molecule has 0 saturated carbocycles. The number of ketones is 1. The molecule has 2 amide bonds. The molecule has 0 radical (unpaired) electrons. The average molecular weight is 558 g/mol. The van der Waals surface area contributed by atoms with Crippen molar-refractivity contribution in [2.75, 3.05) is 13.1 Å². The number of carbonyl (C=O) groups is 3. The predicted octanol–water partition coefficient (Wildman–Crippen LogP) is 6.12. The SMILES string of the molecule is CC(=O)c1ccc(-c2c(-c3cccc(OC(F)(F)F)c3)cc3n2[C@@H](CCNC(=O)OC(C)(C)C)CNC3=O)cc1. The maximum absolute atomic E-state index is 13.0. The van der Waals surface area contributed by atoms with Crippen LogP contribution in [-0.2, 0) is 4.74 Å². The third-order valence-corrected chi connectivity index (χ3v) is 6.22. The Hall–Kier alpha value is -4.28. The van der Waals surface area contributed by atoms with Crippen LogP contribution in [0.1, 0.15) is 61.0 Å². The van der Waals surface area contributed by atoms with Gasteiger partial charge in [0.05, 0.1) is 11.7 Å². The van der Waals surface area contributed by atoms with Crippen LogP contribution in [0.4, 0.5) is 18.0 Å². The molecule has 11 heteroatoms. The van der Waals surface area contributed by atoms with Gasteiger partial charge in [-0.25, -0.2) is 4.79 Å². The zero-order chi connectivity index (χ0) is 29.2. The second-order valence-electron chi connectivity index (χ2n) is 10.5. The highest BCUT2D eigenvalue weighted by atomic mass is 19.4. The molecule has 0 spiro atoms. The molecular formula is C29H30F3N3O5. The van der Waals surface area contributed by atoms with Gasteiger partial charge in [-0.15, -0.1) is 13.2 Å². The number of ether oxygens (including phenoxy) is 2. The van der Waals surface area contributed by atoms with Crippen LogP contribution >= 0.6 is 0 Å². The molecule has 0 unspecified atom stereocenters. The van der Waals surface area contributed by atoms with Gasteiger partial charge >= 0.3 is 12.5 Å². The van der Waals surface area contributed by atoms with Gasteiger partial charge in [-0.3, -0.25) is 9.59 Å². The molecule has 1 aliphatic heterocycles. The Labute approximate surface area is 229 Å². The largest absolute Gasteiger partial charge is 0.573 e. The van der Waals surface area contributed by atoms with Crippen molar-refractivity contribution in [3.05, 3.63) is 65.9 Å². The summed E-state index contributed by atoms with van der Waals surface area (Å²) in [6, 6.07) is 13.7. The van der Waals surface area contributed by atoms with Crippen molar-refractivity contribution in [1.29, 1.82) is 0 Å². The van der Waals surface area contributed by atoms with E-state index in [9.17, 15) is 27.6 Å². The van der Waals surface area contributed by atoms with E-state index in [4.69, 9.17) is 4.74 Å². The molecule has 212 valence electrons. The van der Waals surface area contributed by atoms with Gasteiger partial charge in [-0.2, -0.15) is 0 Å². The summed E-state index contributed by atoms with van der Waals surface area (Å²) in [7, 11) is 0. The van der Waals surface area contributed by atoms with Crippen LogP contribution in [-0.4, -0.2) is 47.4 Å². The van der Waals surface area contributed by atoms with Crippen LogP contribution in [0.25, 0.3) is 22.4 Å². The fourth-order valence-electron chi connectivity index (χ4n) is 4.60. The number of hydrogen-bond acceptors (Lipinski definition) is 5. The molecule has 3 aromatic rings. The summed E-state index contributed by atoms with van der Waals surface area (Å²) in [5.74, 6) is -0.854. The van der Waals surface area contributed by atoms with E-state index in [-0.39, 0.29) is 30.8 Å². The minimum absolute atomic E-state index is 0.119. The normalized spacial score (nSPS) is 15.2. The first-order chi connectivity index (χ1) is 18.7. The summed E-state index contributed by atoms with van der Waals surface area (Å²) in [5.41, 5.74) is 2.32. The number of amides is 2. The van der Waals surface area contributed by atoms with E-state index < -0.39 is 23.8 Å². The first-order valence-corrected chi connectivity index (χ1v) is 12.7. The number of aromatic nitrogens is 1. The van der Waals surface area contributed by atoms with Gasteiger partial charge in [0, 0.05) is 24.2 Å². The van der Waals surface area contributed by atoms with Crippen molar-refractivity contribution in [3.8, 4) is 28.1 Å². The molecule has 0 bridgehead atoms. The molecular weight excluding hydrogens is 527 g/mol. The Kier molecular flexibility index (Phi) is 7.95. The number of Topliss-reactive ketones (excluding diaryl/α,β-unsaturated/α-hetero) is 1. The molecule has 0 aliphatic carbocycles. The van der Waals surface area contributed by atoms with Crippen molar-refractivity contribution in [2.24, 2.45) is 0 Å². The van der Waals surface area contributed by atoms with Crippen LogP contribution < -0.4 is 15.4 Å². The zero-order valence-electron chi connectivity index (χ0n) is 22.5. The lowest BCUT2D eigenvalue weighted by atomic mass is 9.99. The van der Waals surface area contributed by atoms with E-state index in [1.807, 2.05) is 4.57 Å². The van der Waals surface area contributed by atoms with Crippen molar-refractivity contribution in [2.45, 2.75) is 52.1 Å². The van der Waals surface area contributed by atoms with E-state index in [1.54, 1.807) is 57.2 Å². The van der Waals surface area contributed by atoms with Crippen molar-refractivity contribution < 1.29 is 37.0 Å². The Morgan fingerprint density at radius 3 is 2.38 bits per heavy atom. The highest BCUT2D eigenvalue weighted by Gasteiger charge is 2.33. The van der Waals surface area contributed by atoms with Gasteiger partial charge in [0.25, 0.3) is 5.91 Å². The first kappa shape index (κ1) is 28.7. The van der Waals surface area contributed by atoms with Gasteiger partial charge in [0.1, 0.15) is 17.0 Å². The molecule has 40 heavy (non-hydrogen) atoms. The van der Waals surface area contributed by atoms with Gasteiger partial charge in [-0.05, 0) is 63.4 Å². The maximum atomic E-state index is 13.0. The zero-order valence-corrected chi connectivity index (χ0v) is 22.5. The summed E-state index contributed by atoms with van der Waals surface area (Å²) in [6.45, 7) is 7.25. The van der Waals surface area contributed by atoms with Crippen LogP contribution in [0.3, 0.4) is 0 Å². The van der Waals surface area contributed by atoms with Crippen LogP contribution in [0.15, 0.2) is 54.6 Å². The third-order valence-electron chi connectivity index (χ3n) is 6.22. The maximum Gasteiger partial charge on any atom is 0.573 e. The first-order valence-electron chi connectivity index (χ1n) is 12.7. The van der Waals surface area contributed by atoms with E-state index in [1.165, 1.54) is 25.1 Å². The molecule has 0 saturated heterocycles. The number of hydrogen-bond donors (Lipinski definition) is 2. The number of alkyl carbamates (subject to hydrolysis) is 1. The fourth-order valence-corrected chi connectivity index (χ4v) is 4.60. The minimum atomic E-state index is -4.86. The Morgan fingerprint density at radius 2 is 1.75 bits per heavy atom. The molecule has 0 fully saturated rings. The van der Waals surface area contributed by atoms with Gasteiger partial charge < -0.3 is 24.7 Å². The van der Waals surface area contributed by atoms with Crippen molar-refractivity contribution in [3.63, 3.8) is 0 Å². The number of rotatable bonds is 7. The molecule has 2 aromatic carbocycles. The lowest BCUT2D eigenvalue weighted by molar-refractivity contribution is -0.274. The lowest BCUT2D eigenvalue weighted by Crippen LogP contribution is -2.41. The topological polar surface area (TPSA) is 98.7 Å². The quantitative estimate of drug-likeness (QED) is 0.341. The molecule has 1 aliphatic rings. The number of nitrogens with one attached hydrogen (secondary N) is 2. The van der Waals surface area contributed by atoms with E-state index >= 15 is 0 Å². The highest BCUT2D eigenvalue weighted by Crippen LogP contribution is 2.40. The number of fused-ring (bicyclic) bond motifs is 1. The Morgan fingerprint density at radius 1 is 1.05 bits per heavy atom. The Bertz CT molecular complexity index is 1420. The van der Waals surface area contributed by atoms with Gasteiger partial charge in [0.2, 0.25) is 0 Å². The van der Waals surface area contributed by atoms with Crippen molar-refractivity contribution in [1.82, 2.24) is 15.2 Å². The molecule has 2 heterocycles. The van der Waals surface area contributed by atoms with E-state index in [0.717, 1.165) is 0 Å². The molecule has 2 N–H and O–H groups in total. The standard InChI is InChI=1S/C29H30F3N3O5/c1-17(36)18-8-10-19(11-9-18)25-23(20-6-5-7-22(14-20)39-29(30,31)32)15-24-26(37)34-16-21(35(24)25)12-13-33-27(38)40-28(2,3)4/h5-11,14-15,21H,12-13,16H2,1-4H3,(H,33,38)(H,34,37)/t21-/m0/s1. The minimum Gasteiger partial charge on any atom is -0.444 e. The average Bonchev–Trinajstić information content (AvgIpc) is 3.25. The van der Waals surface area contributed by atoms with E-state index in [2.05, 4.69) is 15.4 Å². The smallest absolute Gasteiger partial charge is 0.444 e. The number of benzene rings is 2. The summed E-state index contributed by atoms with van der Waals surface area (Å²) in [5, 5.41) is 5.58. The Balaban J connectivity index is 1.77. The summed E-state index contributed by atoms with van der Waals surface area (Å²) in [6.07, 6.45) is -5.01. The van der Waals surface area contributed by atoms with Crippen molar-refractivity contribution >= 4 is 17.8 Å². The number of halogens is 3. The molecule has 4 rings (SSSR count). The fraction of sp³-hybridized carbons (Fsp3) is 0.345.